The molecule has 0 spiro atoms. The van der Waals surface area contributed by atoms with Crippen LogP contribution < -0.4 is 5.32 Å². The molecular formula is C15H20N2O4S. The fourth-order valence-electron chi connectivity index (χ4n) is 2.77. The molecule has 0 aliphatic carbocycles. The molecule has 0 radical (unpaired) electrons. The molecule has 1 amide bonds. The van der Waals surface area contributed by atoms with Crippen molar-refractivity contribution in [1.29, 1.82) is 0 Å². The summed E-state index contributed by atoms with van der Waals surface area (Å²) in [5.74, 6) is -0.194. The second-order valence-corrected chi connectivity index (χ2v) is 7.62. The van der Waals surface area contributed by atoms with Crippen LogP contribution >= 0.6 is 0 Å². The maximum atomic E-state index is 12.4. The van der Waals surface area contributed by atoms with Gasteiger partial charge in [-0.3, -0.25) is 4.79 Å². The summed E-state index contributed by atoms with van der Waals surface area (Å²) in [6.07, 6.45) is 2.56. The number of carbonyl (C=O) groups is 1. The van der Waals surface area contributed by atoms with E-state index >= 15 is 0 Å². The van der Waals surface area contributed by atoms with Gasteiger partial charge in [0.05, 0.1) is 17.4 Å². The van der Waals surface area contributed by atoms with Crippen LogP contribution in [0.5, 0.6) is 0 Å². The van der Waals surface area contributed by atoms with Crippen molar-refractivity contribution in [3.05, 3.63) is 24.3 Å². The lowest BCUT2D eigenvalue weighted by Gasteiger charge is -2.16. The first-order chi connectivity index (χ1) is 10.6. The van der Waals surface area contributed by atoms with Crippen LogP contribution in [0, 0.1) is 5.92 Å². The van der Waals surface area contributed by atoms with Gasteiger partial charge >= 0.3 is 0 Å². The Morgan fingerprint density at radius 2 is 1.86 bits per heavy atom. The third kappa shape index (κ3) is 3.16. The van der Waals surface area contributed by atoms with Crippen molar-refractivity contribution in [2.75, 3.05) is 31.6 Å². The van der Waals surface area contributed by atoms with E-state index in [9.17, 15) is 13.2 Å². The van der Waals surface area contributed by atoms with E-state index in [2.05, 4.69) is 5.32 Å². The van der Waals surface area contributed by atoms with Crippen molar-refractivity contribution in [3.8, 4) is 0 Å². The summed E-state index contributed by atoms with van der Waals surface area (Å²) in [5.41, 5.74) is 0.609. The van der Waals surface area contributed by atoms with E-state index in [1.54, 1.807) is 24.3 Å². The van der Waals surface area contributed by atoms with Crippen LogP contribution in [0.2, 0.25) is 0 Å². The molecule has 1 unspecified atom stereocenters. The minimum absolute atomic E-state index is 0.0762. The second-order valence-electron chi connectivity index (χ2n) is 5.69. The zero-order valence-corrected chi connectivity index (χ0v) is 13.1. The second kappa shape index (κ2) is 6.36. The van der Waals surface area contributed by atoms with Crippen molar-refractivity contribution in [3.63, 3.8) is 0 Å². The number of nitrogens with zero attached hydrogens (tertiary/aromatic N) is 1. The Kier molecular flexibility index (Phi) is 4.46. The summed E-state index contributed by atoms with van der Waals surface area (Å²) in [4.78, 5) is 12.3. The summed E-state index contributed by atoms with van der Waals surface area (Å²) >= 11 is 0. The van der Waals surface area contributed by atoms with Crippen LogP contribution in [0.4, 0.5) is 5.69 Å². The number of ether oxygens (including phenoxy) is 1. The molecule has 120 valence electrons. The van der Waals surface area contributed by atoms with Gasteiger partial charge in [0.2, 0.25) is 15.9 Å². The van der Waals surface area contributed by atoms with Crippen LogP contribution in [0.15, 0.2) is 29.2 Å². The highest BCUT2D eigenvalue weighted by Crippen LogP contribution is 2.23. The molecule has 2 saturated heterocycles. The summed E-state index contributed by atoms with van der Waals surface area (Å²) in [7, 11) is -3.40. The average molecular weight is 324 g/mol. The third-order valence-electron chi connectivity index (χ3n) is 4.13. The first kappa shape index (κ1) is 15.5. The third-order valence-corrected chi connectivity index (χ3v) is 6.04. The maximum absolute atomic E-state index is 12.4. The lowest BCUT2D eigenvalue weighted by molar-refractivity contribution is -0.119. The molecule has 6 nitrogen and oxygen atoms in total. The van der Waals surface area contributed by atoms with Gasteiger partial charge in [0.1, 0.15) is 0 Å². The lowest BCUT2D eigenvalue weighted by atomic mass is 10.1. The molecule has 3 rings (SSSR count). The molecule has 0 aromatic heterocycles. The summed E-state index contributed by atoms with van der Waals surface area (Å²) in [6, 6.07) is 6.37. The van der Waals surface area contributed by atoms with E-state index in [1.807, 2.05) is 0 Å². The van der Waals surface area contributed by atoms with E-state index < -0.39 is 10.0 Å². The SMILES string of the molecule is O=C(Nc1ccc(S(=O)(=O)N2CCCC2)cc1)C1CCOC1. The Morgan fingerprint density at radius 1 is 1.18 bits per heavy atom. The molecule has 2 fully saturated rings. The number of amides is 1. The topological polar surface area (TPSA) is 75.7 Å². The van der Waals surface area contributed by atoms with Crippen molar-refractivity contribution in [1.82, 2.24) is 4.31 Å². The van der Waals surface area contributed by atoms with Crippen molar-refractivity contribution in [2.45, 2.75) is 24.2 Å². The number of rotatable bonds is 4. The van der Waals surface area contributed by atoms with Gasteiger partial charge in [-0.05, 0) is 43.5 Å². The molecule has 2 heterocycles. The first-order valence-electron chi connectivity index (χ1n) is 7.56. The largest absolute Gasteiger partial charge is 0.381 e. The molecule has 1 N–H and O–H groups in total. The molecule has 0 bridgehead atoms. The Balaban J connectivity index is 1.68. The number of hydrogen-bond donors (Lipinski definition) is 1. The predicted molar refractivity (Wildman–Crippen MR) is 82.0 cm³/mol. The first-order valence-corrected chi connectivity index (χ1v) is 9.00. The summed E-state index contributed by atoms with van der Waals surface area (Å²) in [6.45, 7) is 2.24. The van der Waals surface area contributed by atoms with Gasteiger partial charge in [-0.2, -0.15) is 4.31 Å². The highest BCUT2D eigenvalue weighted by molar-refractivity contribution is 7.89. The Hall–Kier alpha value is -1.44. The van der Waals surface area contributed by atoms with Crippen molar-refractivity contribution < 1.29 is 17.9 Å². The number of nitrogens with one attached hydrogen (secondary N) is 1. The monoisotopic (exact) mass is 324 g/mol. The van der Waals surface area contributed by atoms with Gasteiger partial charge in [0.15, 0.2) is 0 Å². The summed E-state index contributed by atoms with van der Waals surface area (Å²) < 4.78 is 31.5. The lowest BCUT2D eigenvalue weighted by Crippen LogP contribution is -2.27. The molecule has 1 aromatic carbocycles. The average Bonchev–Trinajstić information content (AvgIpc) is 3.21. The standard InChI is InChI=1S/C15H20N2O4S/c18-15(12-7-10-21-11-12)16-13-3-5-14(6-4-13)22(19,20)17-8-1-2-9-17/h3-6,12H,1-2,7-11H2,(H,16,18). The normalized spacial score (nSPS) is 22.8. The van der Waals surface area contributed by atoms with Gasteiger partial charge < -0.3 is 10.1 Å². The number of anilines is 1. The van der Waals surface area contributed by atoms with Gasteiger partial charge in [0, 0.05) is 25.4 Å². The van der Waals surface area contributed by atoms with Gasteiger partial charge in [0.25, 0.3) is 0 Å². The summed E-state index contributed by atoms with van der Waals surface area (Å²) in [5, 5.41) is 2.80. The van der Waals surface area contributed by atoms with Crippen LogP contribution in [0.3, 0.4) is 0 Å². The smallest absolute Gasteiger partial charge is 0.243 e. The predicted octanol–water partition coefficient (Wildman–Crippen LogP) is 1.45. The quantitative estimate of drug-likeness (QED) is 0.909. The van der Waals surface area contributed by atoms with Gasteiger partial charge in [-0.1, -0.05) is 0 Å². The van der Waals surface area contributed by atoms with Crippen LogP contribution in [0.25, 0.3) is 0 Å². The molecule has 0 saturated carbocycles. The fraction of sp³-hybridized carbons (Fsp3) is 0.533. The van der Waals surface area contributed by atoms with E-state index in [0.29, 0.717) is 32.0 Å². The van der Waals surface area contributed by atoms with E-state index in [1.165, 1.54) is 4.31 Å². The minimum atomic E-state index is -3.40. The number of benzene rings is 1. The fourth-order valence-corrected chi connectivity index (χ4v) is 4.29. The Bertz CT molecular complexity index is 630. The van der Waals surface area contributed by atoms with Crippen LogP contribution in [-0.2, 0) is 19.6 Å². The number of sulfonamides is 1. The van der Waals surface area contributed by atoms with Gasteiger partial charge in [-0.25, -0.2) is 8.42 Å². The van der Waals surface area contributed by atoms with Crippen LogP contribution in [-0.4, -0.2) is 44.9 Å². The van der Waals surface area contributed by atoms with Crippen LogP contribution in [0.1, 0.15) is 19.3 Å². The molecule has 22 heavy (non-hydrogen) atoms. The minimum Gasteiger partial charge on any atom is -0.381 e. The van der Waals surface area contributed by atoms with Gasteiger partial charge in [-0.15, -0.1) is 0 Å². The molecule has 1 aromatic rings. The zero-order chi connectivity index (χ0) is 15.6. The highest BCUT2D eigenvalue weighted by Gasteiger charge is 2.27. The molecule has 2 aliphatic rings. The molecule has 7 heteroatoms. The number of hydrogen-bond acceptors (Lipinski definition) is 4. The molecule has 2 aliphatic heterocycles. The molecule has 1 atom stereocenters. The van der Waals surface area contributed by atoms with Crippen molar-refractivity contribution >= 4 is 21.6 Å². The zero-order valence-electron chi connectivity index (χ0n) is 12.3. The Morgan fingerprint density at radius 3 is 2.45 bits per heavy atom. The number of carbonyl (C=O) groups excluding carboxylic acids is 1. The Labute approximate surface area is 130 Å². The van der Waals surface area contributed by atoms with E-state index in [-0.39, 0.29) is 16.7 Å². The van der Waals surface area contributed by atoms with E-state index in [4.69, 9.17) is 4.74 Å². The molecular weight excluding hydrogens is 304 g/mol. The highest BCUT2D eigenvalue weighted by atomic mass is 32.2. The van der Waals surface area contributed by atoms with E-state index in [0.717, 1.165) is 19.3 Å². The van der Waals surface area contributed by atoms with Crippen molar-refractivity contribution in [2.24, 2.45) is 5.92 Å². The maximum Gasteiger partial charge on any atom is 0.243 e.